The Morgan fingerprint density at radius 2 is 2.33 bits per heavy atom. The summed E-state index contributed by atoms with van der Waals surface area (Å²) in [5.41, 5.74) is 3.20. The fourth-order valence-electron chi connectivity index (χ4n) is 1.55. The number of amides is 1. The van der Waals surface area contributed by atoms with Crippen molar-refractivity contribution in [2.75, 3.05) is 18.7 Å². The van der Waals surface area contributed by atoms with Crippen LogP contribution in [0.25, 0.3) is 0 Å². The third-order valence-corrected chi connectivity index (χ3v) is 2.73. The second-order valence-electron chi connectivity index (χ2n) is 3.43. The summed E-state index contributed by atoms with van der Waals surface area (Å²) in [5.74, 6) is 0.476. The molecule has 0 spiro atoms. The standard InChI is InChI=1S/C11H13ClN2O4/c1-3-17-10-13-14(11(15)18-10)7-5-4-6-8(16-2)9(7)12/h4-6,10,13H,3H2,1-2H3. The summed E-state index contributed by atoms with van der Waals surface area (Å²) in [5, 5.41) is 1.51. The number of benzene rings is 1. The molecule has 1 heterocycles. The van der Waals surface area contributed by atoms with Crippen LogP contribution in [-0.2, 0) is 9.47 Å². The maximum absolute atomic E-state index is 11.7. The number of rotatable bonds is 4. The zero-order valence-corrected chi connectivity index (χ0v) is 10.7. The molecule has 2 rings (SSSR count). The number of halogens is 1. The number of hydrazine groups is 1. The van der Waals surface area contributed by atoms with Crippen molar-refractivity contribution in [3.63, 3.8) is 0 Å². The molecule has 7 heteroatoms. The van der Waals surface area contributed by atoms with E-state index in [0.29, 0.717) is 23.1 Å². The van der Waals surface area contributed by atoms with Gasteiger partial charge in [-0.15, -0.1) is 0 Å². The summed E-state index contributed by atoms with van der Waals surface area (Å²) in [6.45, 7) is 2.22. The lowest BCUT2D eigenvalue weighted by atomic mass is 10.3. The summed E-state index contributed by atoms with van der Waals surface area (Å²) >= 11 is 6.12. The van der Waals surface area contributed by atoms with Crippen molar-refractivity contribution in [3.8, 4) is 5.75 Å². The number of nitrogens with zero attached hydrogens (tertiary/aromatic N) is 1. The number of nitrogens with one attached hydrogen (secondary N) is 1. The first-order chi connectivity index (χ1) is 8.67. The van der Waals surface area contributed by atoms with Gasteiger partial charge in [-0.25, -0.2) is 9.80 Å². The number of ether oxygens (including phenoxy) is 3. The maximum atomic E-state index is 11.7. The van der Waals surface area contributed by atoms with Crippen LogP contribution in [0, 0.1) is 0 Å². The average molecular weight is 273 g/mol. The Morgan fingerprint density at radius 3 is 3.00 bits per heavy atom. The van der Waals surface area contributed by atoms with Crippen LogP contribution < -0.4 is 15.2 Å². The van der Waals surface area contributed by atoms with E-state index in [1.54, 1.807) is 25.1 Å². The lowest BCUT2D eigenvalue weighted by Crippen LogP contribution is -2.38. The van der Waals surface area contributed by atoms with E-state index in [2.05, 4.69) is 5.43 Å². The molecule has 1 aliphatic rings. The Labute approximate surface area is 109 Å². The van der Waals surface area contributed by atoms with E-state index in [1.807, 2.05) is 0 Å². The van der Waals surface area contributed by atoms with Crippen molar-refractivity contribution in [3.05, 3.63) is 23.2 Å². The molecule has 0 aliphatic carbocycles. The zero-order valence-electron chi connectivity index (χ0n) is 9.97. The fourth-order valence-corrected chi connectivity index (χ4v) is 1.84. The lowest BCUT2D eigenvalue weighted by Gasteiger charge is -2.16. The predicted molar refractivity (Wildman–Crippen MR) is 65.5 cm³/mol. The molecule has 18 heavy (non-hydrogen) atoms. The van der Waals surface area contributed by atoms with Gasteiger partial charge >= 0.3 is 6.09 Å². The molecule has 1 amide bonds. The van der Waals surface area contributed by atoms with Crippen molar-refractivity contribution in [2.24, 2.45) is 0 Å². The Balaban J connectivity index is 2.24. The van der Waals surface area contributed by atoms with Gasteiger partial charge in [0.1, 0.15) is 10.8 Å². The van der Waals surface area contributed by atoms with Gasteiger partial charge in [0.25, 0.3) is 6.41 Å². The topological polar surface area (TPSA) is 60.0 Å². The van der Waals surface area contributed by atoms with Crippen LogP contribution in [0.1, 0.15) is 6.92 Å². The van der Waals surface area contributed by atoms with E-state index in [4.69, 9.17) is 25.8 Å². The second kappa shape index (κ2) is 5.43. The van der Waals surface area contributed by atoms with Crippen molar-refractivity contribution in [1.29, 1.82) is 0 Å². The van der Waals surface area contributed by atoms with Crippen molar-refractivity contribution in [2.45, 2.75) is 13.3 Å². The van der Waals surface area contributed by atoms with Gasteiger partial charge in [-0.2, -0.15) is 5.43 Å². The van der Waals surface area contributed by atoms with Crippen LogP contribution in [0.2, 0.25) is 5.02 Å². The Bertz CT molecular complexity index is 455. The van der Waals surface area contributed by atoms with E-state index in [-0.39, 0.29) is 0 Å². The van der Waals surface area contributed by atoms with E-state index in [9.17, 15) is 4.79 Å². The number of hydrogen-bond donors (Lipinski definition) is 1. The average Bonchev–Trinajstić information content (AvgIpc) is 2.71. The first-order valence-corrected chi connectivity index (χ1v) is 5.76. The number of carbonyl (C=O) groups excluding carboxylic acids is 1. The van der Waals surface area contributed by atoms with E-state index < -0.39 is 12.5 Å². The van der Waals surface area contributed by atoms with E-state index in [0.717, 1.165) is 0 Å². The molecule has 0 radical (unpaired) electrons. The van der Waals surface area contributed by atoms with E-state index in [1.165, 1.54) is 12.1 Å². The minimum absolute atomic E-state index is 0.321. The second-order valence-corrected chi connectivity index (χ2v) is 3.81. The molecule has 6 nitrogen and oxygen atoms in total. The molecular weight excluding hydrogens is 260 g/mol. The molecule has 1 aromatic carbocycles. The molecule has 1 saturated heterocycles. The number of hydrogen-bond acceptors (Lipinski definition) is 5. The minimum Gasteiger partial charge on any atom is -0.495 e. The first kappa shape index (κ1) is 12.9. The monoisotopic (exact) mass is 272 g/mol. The third-order valence-electron chi connectivity index (χ3n) is 2.35. The highest BCUT2D eigenvalue weighted by Gasteiger charge is 2.33. The van der Waals surface area contributed by atoms with Gasteiger partial charge in [-0.05, 0) is 19.1 Å². The largest absolute Gasteiger partial charge is 0.495 e. The highest BCUT2D eigenvalue weighted by molar-refractivity contribution is 6.35. The third kappa shape index (κ3) is 2.35. The Morgan fingerprint density at radius 1 is 1.56 bits per heavy atom. The molecule has 1 aliphatic heterocycles. The van der Waals surface area contributed by atoms with Gasteiger partial charge in [-0.1, -0.05) is 17.7 Å². The molecule has 0 saturated carbocycles. The molecule has 1 atom stereocenters. The van der Waals surface area contributed by atoms with E-state index >= 15 is 0 Å². The van der Waals surface area contributed by atoms with Crippen molar-refractivity contribution in [1.82, 2.24) is 5.43 Å². The minimum atomic E-state index is -0.801. The van der Waals surface area contributed by atoms with Gasteiger partial charge in [0, 0.05) is 6.61 Å². The van der Waals surface area contributed by atoms with Crippen LogP contribution >= 0.6 is 11.6 Å². The quantitative estimate of drug-likeness (QED) is 0.910. The zero-order chi connectivity index (χ0) is 13.1. The molecule has 1 aromatic rings. The summed E-state index contributed by atoms with van der Waals surface area (Å²) < 4.78 is 15.2. The van der Waals surface area contributed by atoms with Gasteiger partial charge in [0.05, 0.1) is 12.8 Å². The van der Waals surface area contributed by atoms with Gasteiger partial charge in [0.15, 0.2) is 0 Å². The summed E-state index contributed by atoms with van der Waals surface area (Å²) in [6.07, 6.45) is -1.38. The number of cyclic esters (lactones) is 1. The molecule has 0 aromatic heterocycles. The smallest absolute Gasteiger partial charge is 0.432 e. The van der Waals surface area contributed by atoms with Crippen LogP contribution in [-0.4, -0.2) is 26.2 Å². The van der Waals surface area contributed by atoms with Crippen LogP contribution in [0.3, 0.4) is 0 Å². The predicted octanol–water partition coefficient (Wildman–Crippen LogP) is 2.13. The molecule has 98 valence electrons. The molecule has 1 fully saturated rings. The maximum Gasteiger partial charge on any atom is 0.432 e. The summed E-state index contributed by atoms with van der Waals surface area (Å²) in [4.78, 5) is 11.7. The van der Waals surface area contributed by atoms with Crippen LogP contribution in [0.4, 0.5) is 10.5 Å². The lowest BCUT2D eigenvalue weighted by molar-refractivity contribution is -0.0924. The first-order valence-electron chi connectivity index (χ1n) is 5.38. The molecular formula is C11H13ClN2O4. The van der Waals surface area contributed by atoms with Gasteiger partial charge in [-0.3, -0.25) is 0 Å². The number of anilines is 1. The fraction of sp³-hybridized carbons (Fsp3) is 0.364. The van der Waals surface area contributed by atoms with Gasteiger partial charge < -0.3 is 14.2 Å². The number of methoxy groups -OCH3 is 1. The van der Waals surface area contributed by atoms with Crippen LogP contribution in [0.5, 0.6) is 5.75 Å². The molecule has 0 bridgehead atoms. The highest BCUT2D eigenvalue weighted by atomic mass is 35.5. The summed E-state index contributed by atoms with van der Waals surface area (Å²) in [7, 11) is 1.50. The normalized spacial score (nSPS) is 18.9. The number of carbonyl (C=O) groups is 1. The van der Waals surface area contributed by atoms with Gasteiger partial charge in [0.2, 0.25) is 0 Å². The summed E-state index contributed by atoms with van der Waals surface area (Å²) in [6, 6.07) is 5.10. The SMILES string of the molecule is CCOC1NN(c2cccc(OC)c2Cl)C(=O)O1. The Hall–Kier alpha value is -1.50. The van der Waals surface area contributed by atoms with Crippen LogP contribution in [0.15, 0.2) is 18.2 Å². The highest BCUT2D eigenvalue weighted by Crippen LogP contribution is 2.35. The molecule has 1 unspecified atom stereocenters. The van der Waals surface area contributed by atoms with Crippen molar-refractivity contribution < 1.29 is 19.0 Å². The molecule has 1 N–H and O–H groups in total. The Kier molecular flexibility index (Phi) is 3.90. The van der Waals surface area contributed by atoms with Crippen molar-refractivity contribution >= 4 is 23.4 Å².